The fraction of sp³-hybridized carbons (Fsp3) is 0.333. The lowest BCUT2D eigenvalue weighted by Crippen LogP contribution is -2.10. The highest BCUT2D eigenvalue weighted by atomic mass is 79.9. The Morgan fingerprint density at radius 1 is 1.05 bits per heavy atom. The Morgan fingerprint density at radius 3 is 2.68 bits per heavy atom. The zero-order valence-corrected chi connectivity index (χ0v) is 12.0. The van der Waals surface area contributed by atoms with Crippen LogP contribution < -0.4 is 5.32 Å². The van der Waals surface area contributed by atoms with Gasteiger partial charge in [0.25, 0.3) is 5.91 Å². The van der Waals surface area contributed by atoms with Gasteiger partial charge in [0.1, 0.15) is 0 Å². The molecule has 0 saturated heterocycles. The lowest BCUT2D eigenvalue weighted by Gasteiger charge is -2.06. The number of Topliss-reactive ketones (excluding diaryl/α,β-unsaturated/α-hetero) is 1. The van der Waals surface area contributed by atoms with E-state index in [9.17, 15) is 9.59 Å². The number of fused-ring (bicyclic) bond motifs is 1. The Labute approximate surface area is 120 Å². The maximum atomic E-state index is 12.2. The minimum absolute atomic E-state index is 0.135. The molecule has 1 saturated carbocycles. The van der Waals surface area contributed by atoms with Gasteiger partial charge in [-0.1, -0.05) is 22.4 Å². The fourth-order valence-corrected chi connectivity index (χ4v) is 3.12. The van der Waals surface area contributed by atoms with Gasteiger partial charge in [0.05, 0.1) is 5.57 Å². The van der Waals surface area contributed by atoms with E-state index in [0.29, 0.717) is 24.0 Å². The SMILES string of the molecule is O=C1CCCCC/C1=C1/C(=O)Nc2ccc(Br)cc21. The number of nitrogens with one attached hydrogen (secondary N) is 1. The van der Waals surface area contributed by atoms with Crippen LogP contribution in [0.4, 0.5) is 5.69 Å². The van der Waals surface area contributed by atoms with Crippen LogP contribution in [0.3, 0.4) is 0 Å². The van der Waals surface area contributed by atoms with Crippen molar-refractivity contribution in [2.75, 3.05) is 5.32 Å². The third kappa shape index (κ3) is 2.25. The monoisotopic (exact) mass is 319 g/mol. The summed E-state index contributed by atoms with van der Waals surface area (Å²) in [6.07, 6.45) is 4.27. The fourth-order valence-electron chi connectivity index (χ4n) is 2.76. The number of hydrogen-bond donors (Lipinski definition) is 1. The highest BCUT2D eigenvalue weighted by molar-refractivity contribution is 9.10. The molecule has 1 heterocycles. The van der Waals surface area contributed by atoms with E-state index >= 15 is 0 Å². The van der Waals surface area contributed by atoms with Gasteiger partial charge in [-0.05, 0) is 37.5 Å². The Kier molecular flexibility index (Phi) is 3.27. The molecule has 1 aromatic carbocycles. The van der Waals surface area contributed by atoms with Gasteiger partial charge in [-0.3, -0.25) is 9.59 Å². The average Bonchev–Trinajstić information content (AvgIpc) is 2.55. The Hall–Kier alpha value is -1.42. The summed E-state index contributed by atoms with van der Waals surface area (Å²) in [6.45, 7) is 0. The largest absolute Gasteiger partial charge is 0.321 e. The third-order valence-electron chi connectivity index (χ3n) is 3.70. The second-order valence-corrected chi connectivity index (χ2v) is 5.90. The van der Waals surface area contributed by atoms with Gasteiger partial charge in [0, 0.05) is 27.7 Å². The van der Waals surface area contributed by atoms with E-state index < -0.39 is 0 Å². The summed E-state index contributed by atoms with van der Waals surface area (Å²) >= 11 is 3.42. The van der Waals surface area contributed by atoms with Crippen LogP contribution in [-0.4, -0.2) is 11.7 Å². The van der Waals surface area contributed by atoms with Crippen LogP contribution in [0.2, 0.25) is 0 Å². The Bertz CT molecular complexity index is 604. The molecule has 0 radical (unpaired) electrons. The zero-order valence-electron chi connectivity index (χ0n) is 10.5. The van der Waals surface area contributed by atoms with Gasteiger partial charge < -0.3 is 5.32 Å². The lowest BCUT2D eigenvalue weighted by molar-refractivity contribution is -0.116. The number of ketones is 1. The van der Waals surface area contributed by atoms with Crippen molar-refractivity contribution in [3.8, 4) is 0 Å². The van der Waals surface area contributed by atoms with Crippen LogP contribution in [0.1, 0.15) is 37.7 Å². The summed E-state index contributed by atoms with van der Waals surface area (Å²) in [4.78, 5) is 24.4. The first-order valence-electron chi connectivity index (χ1n) is 6.54. The third-order valence-corrected chi connectivity index (χ3v) is 4.19. The van der Waals surface area contributed by atoms with Crippen molar-refractivity contribution in [2.45, 2.75) is 32.1 Å². The van der Waals surface area contributed by atoms with Crippen LogP contribution in [0.15, 0.2) is 28.2 Å². The molecule has 1 aromatic rings. The molecule has 98 valence electrons. The van der Waals surface area contributed by atoms with Crippen molar-refractivity contribution in [1.82, 2.24) is 0 Å². The van der Waals surface area contributed by atoms with Crippen LogP contribution in [-0.2, 0) is 9.59 Å². The first kappa shape index (κ1) is 12.6. The summed E-state index contributed by atoms with van der Waals surface area (Å²) < 4.78 is 0.918. The molecule has 1 N–H and O–H groups in total. The van der Waals surface area contributed by atoms with E-state index in [4.69, 9.17) is 0 Å². The number of anilines is 1. The number of benzene rings is 1. The smallest absolute Gasteiger partial charge is 0.256 e. The molecule has 0 atom stereocenters. The molecule has 2 aliphatic rings. The van der Waals surface area contributed by atoms with Crippen molar-refractivity contribution >= 4 is 38.9 Å². The van der Waals surface area contributed by atoms with Crippen molar-refractivity contribution in [2.24, 2.45) is 0 Å². The van der Waals surface area contributed by atoms with Crippen molar-refractivity contribution in [3.05, 3.63) is 33.8 Å². The van der Waals surface area contributed by atoms with E-state index in [1.165, 1.54) is 0 Å². The number of allylic oxidation sites excluding steroid dienone is 1. The van der Waals surface area contributed by atoms with E-state index in [2.05, 4.69) is 21.2 Å². The maximum absolute atomic E-state index is 12.2. The van der Waals surface area contributed by atoms with Gasteiger partial charge in [-0.15, -0.1) is 0 Å². The van der Waals surface area contributed by atoms with E-state index in [0.717, 1.165) is 35.0 Å². The molecular weight excluding hydrogens is 306 g/mol. The number of carbonyl (C=O) groups excluding carboxylic acids is 2. The topological polar surface area (TPSA) is 46.2 Å². The quantitative estimate of drug-likeness (QED) is 0.585. The van der Waals surface area contributed by atoms with Crippen LogP contribution >= 0.6 is 15.9 Å². The second kappa shape index (κ2) is 4.93. The summed E-state index contributed by atoms with van der Waals surface area (Å²) in [7, 11) is 0. The highest BCUT2D eigenvalue weighted by Gasteiger charge is 2.30. The standard InChI is InChI=1S/C15H14BrNO2/c16-9-6-7-12-11(8-9)14(15(19)17-12)10-4-2-1-3-5-13(10)18/h6-8H,1-5H2,(H,17,19)/b14-10-. The molecular formula is C15H14BrNO2. The Balaban J connectivity index is 2.16. The predicted molar refractivity (Wildman–Crippen MR) is 77.8 cm³/mol. The summed E-state index contributed by atoms with van der Waals surface area (Å²) in [5.74, 6) is -0.00572. The number of halogens is 1. The van der Waals surface area contributed by atoms with Gasteiger partial charge in [-0.2, -0.15) is 0 Å². The summed E-state index contributed by atoms with van der Waals surface area (Å²) in [5, 5.41) is 2.84. The van der Waals surface area contributed by atoms with Gasteiger partial charge in [0.15, 0.2) is 5.78 Å². The second-order valence-electron chi connectivity index (χ2n) is 4.98. The molecule has 3 rings (SSSR count). The summed E-state index contributed by atoms with van der Waals surface area (Å²) in [6, 6.07) is 5.67. The maximum Gasteiger partial charge on any atom is 0.256 e. The first-order valence-corrected chi connectivity index (χ1v) is 7.34. The Morgan fingerprint density at radius 2 is 1.84 bits per heavy atom. The predicted octanol–water partition coefficient (Wildman–Crippen LogP) is 3.69. The molecule has 1 aliphatic heterocycles. The molecule has 1 fully saturated rings. The van der Waals surface area contributed by atoms with E-state index in [-0.39, 0.29) is 11.7 Å². The number of carbonyl (C=O) groups is 2. The zero-order chi connectivity index (χ0) is 13.4. The van der Waals surface area contributed by atoms with E-state index in [1.54, 1.807) is 0 Å². The molecule has 0 bridgehead atoms. The van der Waals surface area contributed by atoms with Gasteiger partial charge in [-0.25, -0.2) is 0 Å². The number of amides is 1. The highest BCUT2D eigenvalue weighted by Crippen LogP contribution is 2.38. The molecule has 0 unspecified atom stereocenters. The molecule has 0 spiro atoms. The lowest BCUT2D eigenvalue weighted by atomic mass is 9.95. The van der Waals surface area contributed by atoms with Crippen molar-refractivity contribution in [3.63, 3.8) is 0 Å². The van der Waals surface area contributed by atoms with Crippen molar-refractivity contribution < 1.29 is 9.59 Å². The molecule has 4 heteroatoms. The molecule has 3 nitrogen and oxygen atoms in total. The first-order chi connectivity index (χ1) is 9.16. The minimum Gasteiger partial charge on any atom is -0.321 e. The van der Waals surface area contributed by atoms with Crippen LogP contribution in [0.25, 0.3) is 5.57 Å². The van der Waals surface area contributed by atoms with Crippen LogP contribution in [0.5, 0.6) is 0 Å². The average molecular weight is 320 g/mol. The number of rotatable bonds is 0. The van der Waals surface area contributed by atoms with Gasteiger partial charge >= 0.3 is 0 Å². The molecule has 1 amide bonds. The molecule has 1 aliphatic carbocycles. The minimum atomic E-state index is -0.140. The molecule has 19 heavy (non-hydrogen) atoms. The van der Waals surface area contributed by atoms with Crippen molar-refractivity contribution in [1.29, 1.82) is 0 Å². The molecule has 0 aromatic heterocycles. The number of hydrogen-bond acceptors (Lipinski definition) is 2. The van der Waals surface area contributed by atoms with Crippen LogP contribution in [0, 0.1) is 0 Å². The summed E-state index contributed by atoms with van der Waals surface area (Å²) in [5.41, 5.74) is 2.95. The normalized spacial score (nSPS) is 23.0. The van der Waals surface area contributed by atoms with Gasteiger partial charge in [0.2, 0.25) is 0 Å². The van der Waals surface area contributed by atoms with E-state index in [1.807, 2.05) is 18.2 Å².